The van der Waals surface area contributed by atoms with E-state index in [9.17, 15) is 9.59 Å². The molecule has 0 bridgehead atoms. The quantitative estimate of drug-likeness (QED) is 0.385. The molecule has 3 rings (SSSR count). The van der Waals surface area contributed by atoms with Crippen LogP contribution in [0.3, 0.4) is 0 Å². The predicted molar refractivity (Wildman–Crippen MR) is 128 cm³/mol. The van der Waals surface area contributed by atoms with Crippen LogP contribution in [0, 0.1) is 6.92 Å². The van der Waals surface area contributed by atoms with E-state index >= 15 is 0 Å². The molecule has 31 heavy (non-hydrogen) atoms. The number of aromatic nitrogens is 2. The molecule has 0 saturated heterocycles. The molecule has 0 amide bonds. The average molecular weight is 618 g/mol. The Morgan fingerprint density at radius 1 is 1.23 bits per heavy atom. The minimum atomic E-state index is -1.11. The van der Waals surface area contributed by atoms with Crippen LogP contribution in [-0.2, 0) is 4.79 Å². The van der Waals surface area contributed by atoms with E-state index in [-0.39, 0.29) is 11.3 Å². The molecule has 1 N–H and O–H groups in total. The van der Waals surface area contributed by atoms with Crippen LogP contribution in [0.5, 0.6) is 11.5 Å². The zero-order chi connectivity index (χ0) is 22.7. The maximum Gasteiger partial charge on any atom is 0.341 e. The van der Waals surface area contributed by atoms with Gasteiger partial charge in [-0.15, -0.1) is 0 Å². The summed E-state index contributed by atoms with van der Waals surface area (Å²) in [5.74, 6) is -0.0946. The minimum absolute atomic E-state index is 0.249. The third kappa shape index (κ3) is 5.16. The molecule has 0 fully saturated rings. The molecule has 3 aromatic rings. The number of aryl methyl sites for hydroxylation is 1. The number of nitrogens with zero attached hydrogens (tertiary/aromatic N) is 3. The lowest BCUT2D eigenvalue weighted by molar-refractivity contribution is -0.139. The van der Waals surface area contributed by atoms with Gasteiger partial charge in [-0.25, -0.2) is 9.78 Å². The monoisotopic (exact) mass is 615 g/mol. The van der Waals surface area contributed by atoms with Crippen molar-refractivity contribution in [2.45, 2.75) is 13.8 Å². The lowest BCUT2D eigenvalue weighted by Crippen LogP contribution is -2.20. The molecule has 0 aliphatic rings. The van der Waals surface area contributed by atoms with Crippen molar-refractivity contribution in [1.29, 1.82) is 0 Å². The second-order valence-electron chi connectivity index (χ2n) is 6.22. The standard InChI is InChI=1S/C20H16Br3N3O5/c1-3-30-15-6-11(17(22)18(23)19(15)31-9-16(27)28)8-24-26-10(2)25-14-5-4-12(21)7-13(14)20(26)29/h4-8H,3,9H2,1-2H3,(H,27,28). The number of carboxylic acid groups (broad SMARTS) is 1. The van der Waals surface area contributed by atoms with Gasteiger partial charge in [0.15, 0.2) is 18.1 Å². The van der Waals surface area contributed by atoms with E-state index in [0.29, 0.717) is 43.6 Å². The van der Waals surface area contributed by atoms with Crippen LogP contribution in [0.1, 0.15) is 18.3 Å². The summed E-state index contributed by atoms with van der Waals surface area (Å²) in [5, 5.41) is 13.7. The molecule has 0 unspecified atom stereocenters. The average Bonchev–Trinajstić information content (AvgIpc) is 2.71. The number of halogens is 3. The zero-order valence-electron chi connectivity index (χ0n) is 16.4. The van der Waals surface area contributed by atoms with E-state index in [1.807, 2.05) is 6.07 Å². The van der Waals surface area contributed by atoms with Crippen LogP contribution in [0.2, 0.25) is 0 Å². The van der Waals surface area contributed by atoms with Crippen molar-refractivity contribution in [2.24, 2.45) is 5.10 Å². The summed E-state index contributed by atoms with van der Waals surface area (Å²) in [4.78, 5) is 28.2. The number of carbonyl (C=O) groups is 1. The number of hydrogen-bond donors (Lipinski definition) is 1. The first-order valence-corrected chi connectivity index (χ1v) is 11.3. The topological polar surface area (TPSA) is 103 Å². The van der Waals surface area contributed by atoms with Gasteiger partial charge in [0.2, 0.25) is 0 Å². The fraction of sp³-hybridized carbons (Fsp3) is 0.200. The van der Waals surface area contributed by atoms with Crippen molar-refractivity contribution in [3.63, 3.8) is 0 Å². The predicted octanol–water partition coefficient (Wildman–Crippen LogP) is 4.74. The SMILES string of the molecule is CCOc1cc(C=Nn2c(C)nc3ccc(Br)cc3c2=O)c(Br)c(Br)c1OCC(=O)O. The Labute approximate surface area is 202 Å². The summed E-state index contributed by atoms with van der Waals surface area (Å²) in [6, 6.07) is 6.92. The molecule has 1 heterocycles. The van der Waals surface area contributed by atoms with Gasteiger partial charge in [0.25, 0.3) is 5.56 Å². The number of carboxylic acids is 1. The molecular weight excluding hydrogens is 602 g/mol. The number of ether oxygens (including phenoxy) is 2. The van der Waals surface area contributed by atoms with Crippen molar-refractivity contribution in [1.82, 2.24) is 9.66 Å². The number of fused-ring (bicyclic) bond motifs is 1. The molecule has 1 aromatic heterocycles. The molecule has 0 spiro atoms. The lowest BCUT2D eigenvalue weighted by Gasteiger charge is -2.15. The first-order chi connectivity index (χ1) is 14.7. The number of aliphatic carboxylic acids is 1. The molecular formula is C20H16Br3N3O5. The third-order valence-electron chi connectivity index (χ3n) is 4.08. The van der Waals surface area contributed by atoms with E-state index < -0.39 is 12.6 Å². The second kappa shape index (κ2) is 9.92. The maximum absolute atomic E-state index is 12.9. The molecule has 2 aromatic carbocycles. The van der Waals surface area contributed by atoms with Gasteiger partial charge in [-0.05, 0) is 70.0 Å². The maximum atomic E-state index is 12.9. The highest BCUT2D eigenvalue weighted by Crippen LogP contribution is 2.42. The first kappa shape index (κ1) is 23.4. The van der Waals surface area contributed by atoms with Crippen molar-refractivity contribution in [2.75, 3.05) is 13.2 Å². The van der Waals surface area contributed by atoms with Crippen LogP contribution in [0.25, 0.3) is 10.9 Å². The van der Waals surface area contributed by atoms with Crippen LogP contribution in [0.15, 0.2) is 47.6 Å². The second-order valence-corrected chi connectivity index (χ2v) is 8.72. The van der Waals surface area contributed by atoms with E-state index in [4.69, 9.17) is 14.6 Å². The van der Waals surface area contributed by atoms with E-state index in [1.165, 1.54) is 10.9 Å². The fourth-order valence-corrected chi connectivity index (χ4v) is 4.04. The van der Waals surface area contributed by atoms with Gasteiger partial charge in [0.05, 0.1) is 28.2 Å². The highest BCUT2D eigenvalue weighted by molar-refractivity contribution is 9.13. The Morgan fingerprint density at radius 2 is 1.97 bits per heavy atom. The van der Waals surface area contributed by atoms with E-state index in [0.717, 1.165) is 4.47 Å². The third-order valence-corrected chi connectivity index (χ3v) is 6.71. The fourth-order valence-electron chi connectivity index (χ4n) is 2.75. The first-order valence-electron chi connectivity index (χ1n) is 8.95. The van der Waals surface area contributed by atoms with Crippen molar-refractivity contribution >= 4 is 70.9 Å². The lowest BCUT2D eigenvalue weighted by atomic mass is 10.2. The van der Waals surface area contributed by atoms with E-state index in [2.05, 4.69) is 57.9 Å². The minimum Gasteiger partial charge on any atom is -0.490 e. The van der Waals surface area contributed by atoms with Gasteiger partial charge in [-0.1, -0.05) is 15.9 Å². The van der Waals surface area contributed by atoms with Crippen molar-refractivity contribution < 1.29 is 19.4 Å². The molecule has 0 aliphatic carbocycles. The summed E-state index contributed by atoms with van der Waals surface area (Å²) in [6.45, 7) is 3.31. The summed E-state index contributed by atoms with van der Waals surface area (Å²) >= 11 is 10.2. The Morgan fingerprint density at radius 3 is 2.65 bits per heavy atom. The molecule has 0 radical (unpaired) electrons. The van der Waals surface area contributed by atoms with Gasteiger partial charge in [0, 0.05) is 14.5 Å². The molecule has 0 aliphatic heterocycles. The van der Waals surface area contributed by atoms with Crippen LogP contribution in [0.4, 0.5) is 0 Å². The summed E-state index contributed by atoms with van der Waals surface area (Å²) in [5.41, 5.74) is 0.861. The normalized spacial score (nSPS) is 11.3. The highest BCUT2D eigenvalue weighted by Gasteiger charge is 2.18. The van der Waals surface area contributed by atoms with E-state index in [1.54, 1.807) is 32.0 Å². The van der Waals surface area contributed by atoms with Gasteiger partial charge in [0.1, 0.15) is 5.82 Å². The highest BCUT2D eigenvalue weighted by atomic mass is 79.9. The Kier molecular flexibility index (Phi) is 7.50. The van der Waals surface area contributed by atoms with Crippen LogP contribution >= 0.6 is 47.8 Å². The smallest absolute Gasteiger partial charge is 0.341 e. The molecule has 8 nitrogen and oxygen atoms in total. The number of hydrogen-bond acceptors (Lipinski definition) is 6. The number of rotatable bonds is 7. The molecule has 11 heteroatoms. The summed E-state index contributed by atoms with van der Waals surface area (Å²) < 4.78 is 14.0. The molecule has 0 atom stereocenters. The van der Waals surface area contributed by atoms with Gasteiger partial charge >= 0.3 is 5.97 Å². The summed E-state index contributed by atoms with van der Waals surface area (Å²) in [6.07, 6.45) is 1.48. The number of benzene rings is 2. The summed E-state index contributed by atoms with van der Waals surface area (Å²) in [7, 11) is 0. The molecule has 0 saturated carbocycles. The zero-order valence-corrected chi connectivity index (χ0v) is 21.1. The van der Waals surface area contributed by atoms with Gasteiger partial charge < -0.3 is 14.6 Å². The Balaban J connectivity index is 2.08. The van der Waals surface area contributed by atoms with Crippen LogP contribution in [-0.4, -0.2) is 40.2 Å². The van der Waals surface area contributed by atoms with Gasteiger partial charge in [-0.3, -0.25) is 4.79 Å². The van der Waals surface area contributed by atoms with Gasteiger partial charge in [-0.2, -0.15) is 9.78 Å². The van der Waals surface area contributed by atoms with Crippen LogP contribution < -0.4 is 15.0 Å². The molecule has 162 valence electrons. The van der Waals surface area contributed by atoms with Crippen molar-refractivity contribution in [3.8, 4) is 11.5 Å². The Bertz CT molecular complexity index is 1260. The largest absolute Gasteiger partial charge is 0.490 e. The Hall–Kier alpha value is -2.24. The van der Waals surface area contributed by atoms with Crippen molar-refractivity contribution in [3.05, 3.63) is 59.4 Å².